The van der Waals surface area contributed by atoms with E-state index in [2.05, 4.69) is 177 Å². The van der Waals surface area contributed by atoms with Gasteiger partial charge >= 0.3 is 0 Å². The Morgan fingerprint density at radius 3 is 1.42 bits per heavy atom. The Hall–Kier alpha value is -7.86. The second-order valence-corrected chi connectivity index (χ2v) is 14.0. The summed E-state index contributed by atoms with van der Waals surface area (Å²) in [6.07, 6.45) is 0. The molecule has 254 valence electrons. The van der Waals surface area contributed by atoms with Crippen LogP contribution in [0, 0.1) is 22.7 Å². The first-order chi connectivity index (χ1) is 27.2. The topological polar surface area (TPSA) is 62.4 Å². The molecule has 0 unspecified atom stereocenters. The van der Waals surface area contributed by atoms with E-state index in [9.17, 15) is 10.5 Å². The van der Waals surface area contributed by atoms with Crippen LogP contribution in [-0.4, -0.2) is 13.7 Å². The molecule has 0 aliphatic rings. The Morgan fingerprint density at radius 2 is 0.855 bits per heavy atom. The van der Waals surface area contributed by atoms with Crippen molar-refractivity contribution in [1.82, 2.24) is 13.7 Å². The predicted molar refractivity (Wildman–Crippen MR) is 224 cm³/mol. The van der Waals surface area contributed by atoms with Gasteiger partial charge in [-0.2, -0.15) is 10.5 Å². The van der Waals surface area contributed by atoms with Gasteiger partial charge in [0.2, 0.25) is 0 Å². The standard InChI is InChI=1S/C50H29N5/c51-30-32-23-28-46-41(29-32)40-16-10-22-48(55-44-19-7-3-14-38(44)39-15-4-8-20-45(39)55)50(40)53(46)35-26-24-33(25-27-35)49-34(31-52)11-9-21-47(49)54-42-17-5-1-12-36(42)37-13-2-6-18-43(37)54/h1-29H. The van der Waals surface area contributed by atoms with Gasteiger partial charge < -0.3 is 13.7 Å². The average Bonchev–Trinajstić information content (AvgIpc) is 3.89. The van der Waals surface area contributed by atoms with Crippen molar-refractivity contribution >= 4 is 65.4 Å². The monoisotopic (exact) mass is 699 g/mol. The van der Waals surface area contributed by atoms with Gasteiger partial charge in [-0.3, -0.25) is 0 Å². The Bertz CT molecular complexity index is 3350. The van der Waals surface area contributed by atoms with Gasteiger partial charge in [0.15, 0.2) is 0 Å². The Kier molecular flexibility index (Phi) is 6.61. The van der Waals surface area contributed by atoms with E-state index in [4.69, 9.17) is 0 Å². The molecule has 0 amide bonds. The Morgan fingerprint density at radius 1 is 0.364 bits per heavy atom. The normalized spacial score (nSPS) is 11.6. The van der Waals surface area contributed by atoms with Crippen molar-refractivity contribution in [1.29, 1.82) is 10.5 Å². The molecular formula is C50H29N5. The number of aromatic nitrogens is 3. The molecule has 0 aliphatic heterocycles. The largest absolute Gasteiger partial charge is 0.309 e. The minimum Gasteiger partial charge on any atom is -0.309 e. The summed E-state index contributed by atoms with van der Waals surface area (Å²) >= 11 is 0. The number of benzene rings is 8. The molecule has 5 nitrogen and oxygen atoms in total. The van der Waals surface area contributed by atoms with Crippen molar-refractivity contribution < 1.29 is 0 Å². The first-order valence-corrected chi connectivity index (χ1v) is 18.3. The highest BCUT2D eigenvalue weighted by molar-refractivity contribution is 6.15. The summed E-state index contributed by atoms with van der Waals surface area (Å²) in [6, 6.07) is 65.9. The number of nitrogens with zero attached hydrogens (tertiary/aromatic N) is 5. The van der Waals surface area contributed by atoms with Crippen molar-refractivity contribution in [2.24, 2.45) is 0 Å². The zero-order chi connectivity index (χ0) is 36.6. The highest BCUT2D eigenvalue weighted by Crippen LogP contribution is 2.41. The average molecular weight is 700 g/mol. The number of hydrogen-bond acceptors (Lipinski definition) is 2. The molecule has 11 rings (SSSR count). The maximum atomic E-state index is 10.5. The third-order valence-electron chi connectivity index (χ3n) is 11.1. The second-order valence-electron chi connectivity index (χ2n) is 14.0. The summed E-state index contributed by atoms with van der Waals surface area (Å²) < 4.78 is 6.97. The van der Waals surface area contributed by atoms with Crippen molar-refractivity contribution in [3.8, 4) is 40.3 Å². The molecule has 0 radical (unpaired) electrons. The van der Waals surface area contributed by atoms with Crippen LogP contribution in [0.5, 0.6) is 0 Å². The zero-order valence-corrected chi connectivity index (χ0v) is 29.5. The van der Waals surface area contributed by atoms with E-state index in [-0.39, 0.29) is 0 Å². The molecule has 0 saturated carbocycles. The van der Waals surface area contributed by atoms with Crippen molar-refractivity contribution in [3.05, 3.63) is 187 Å². The van der Waals surface area contributed by atoms with Crippen LogP contribution in [0.1, 0.15) is 11.1 Å². The van der Waals surface area contributed by atoms with Crippen molar-refractivity contribution in [2.75, 3.05) is 0 Å². The Labute approximate surface area is 316 Å². The molecule has 5 heteroatoms. The van der Waals surface area contributed by atoms with Gasteiger partial charge in [0.1, 0.15) is 0 Å². The SMILES string of the molecule is N#Cc1ccc2c(c1)c1cccc(-n3c4ccccc4c4ccccc43)c1n2-c1ccc(-c2c(C#N)cccc2-n2c3ccccc3c3ccccc32)cc1. The molecule has 3 aromatic heterocycles. The molecule has 0 N–H and O–H groups in total. The highest BCUT2D eigenvalue weighted by atomic mass is 15.1. The first kappa shape index (κ1) is 30.7. The summed E-state index contributed by atoms with van der Waals surface area (Å²) in [7, 11) is 0. The predicted octanol–water partition coefficient (Wildman–Crippen LogP) is 12.4. The second kappa shape index (κ2) is 11.8. The highest BCUT2D eigenvalue weighted by Gasteiger charge is 2.22. The van der Waals surface area contributed by atoms with E-state index >= 15 is 0 Å². The van der Waals surface area contributed by atoms with Crippen LogP contribution >= 0.6 is 0 Å². The third kappa shape index (κ3) is 4.39. The van der Waals surface area contributed by atoms with Crippen LogP contribution in [0.25, 0.3) is 93.6 Å². The van der Waals surface area contributed by atoms with E-state index < -0.39 is 0 Å². The van der Waals surface area contributed by atoms with Crippen LogP contribution in [0.4, 0.5) is 0 Å². The van der Waals surface area contributed by atoms with E-state index in [0.717, 1.165) is 72.1 Å². The molecule has 0 atom stereocenters. The van der Waals surface area contributed by atoms with Gasteiger partial charge in [0.05, 0.1) is 67.7 Å². The van der Waals surface area contributed by atoms with Gasteiger partial charge in [-0.1, -0.05) is 103 Å². The molecule has 8 aromatic carbocycles. The lowest BCUT2D eigenvalue weighted by Crippen LogP contribution is -2.01. The quantitative estimate of drug-likeness (QED) is 0.184. The number of nitriles is 2. The van der Waals surface area contributed by atoms with Crippen molar-refractivity contribution in [2.45, 2.75) is 0 Å². The summed E-state index contributed by atoms with van der Waals surface area (Å²) in [4.78, 5) is 0. The lowest BCUT2D eigenvalue weighted by Gasteiger charge is -2.17. The van der Waals surface area contributed by atoms with Crippen LogP contribution in [-0.2, 0) is 0 Å². The van der Waals surface area contributed by atoms with Crippen LogP contribution in [0.15, 0.2) is 176 Å². The Balaban J connectivity index is 1.17. The number of fused-ring (bicyclic) bond motifs is 9. The number of hydrogen-bond donors (Lipinski definition) is 0. The summed E-state index contributed by atoms with van der Waals surface area (Å²) in [5.41, 5.74) is 12.6. The molecule has 0 aliphatic carbocycles. The minimum absolute atomic E-state index is 0.613. The van der Waals surface area contributed by atoms with Crippen LogP contribution in [0.2, 0.25) is 0 Å². The van der Waals surface area contributed by atoms with Crippen LogP contribution < -0.4 is 0 Å². The van der Waals surface area contributed by atoms with E-state index in [1.165, 1.54) is 21.5 Å². The lowest BCUT2D eigenvalue weighted by atomic mass is 9.97. The zero-order valence-electron chi connectivity index (χ0n) is 29.5. The molecular weight excluding hydrogens is 671 g/mol. The molecule has 3 heterocycles. The fraction of sp³-hybridized carbons (Fsp3) is 0. The molecule has 55 heavy (non-hydrogen) atoms. The van der Waals surface area contributed by atoms with Gasteiger partial charge in [-0.05, 0) is 78.4 Å². The first-order valence-electron chi connectivity index (χ1n) is 18.3. The molecule has 0 fully saturated rings. The molecule has 0 saturated heterocycles. The molecule has 11 aromatic rings. The molecule has 0 spiro atoms. The fourth-order valence-electron chi connectivity index (χ4n) is 8.83. The smallest absolute Gasteiger partial charge is 0.0998 e. The summed E-state index contributed by atoms with van der Waals surface area (Å²) in [5.74, 6) is 0. The lowest BCUT2D eigenvalue weighted by molar-refractivity contribution is 1.13. The summed E-state index contributed by atoms with van der Waals surface area (Å²) in [6.45, 7) is 0. The van der Waals surface area contributed by atoms with Gasteiger partial charge in [-0.15, -0.1) is 0 Å². The fourth-order valence-corrected chi connectivity index (χ4v) is 8.83. The van der Waals surface area contributed by atoms with E-state index in [0.29, 0.717) is 11.1 Å². The number of rotatable bonds is 4. The maximum absolute atomic E-state index is 10.5. The maximum Gasteiger partial charge on any atom is 0.0998 e. The minimum atomic E-state index is 0.613. The van der Waals surface area contributed by atoms with E-state index in [1.54, 1.807) is 0 Å². The van der Waals surface area contributed by atoms with Gasteiger partial charge in [-0.25, -0.2) is 0 Å². The van der Waals surface area contributed by atoms with Gasteiger partial charge in [0, 0.05) is 43.6 Å². The summed E-state index contributed by atoms with van der Waals surface area (Å²) in [5, 5.41) is 27.3. The number of para-hydroxylation sites is 5. The third-order valence-corrected chi connectivity index (χ3v) is 11.1. The van der Waals surface area contributed by atoms with Crippen molar-refractivity contribution in [3.63, 3.8) is 0 Å². The van der Waals surface area contributed by atoms with Gasteiger partial charge in [0.25, 0.3) is 0 Å². The molecule has 0 bridgehead atoms. The van der Waals surface area contributed by atoms with Crippen LogP contribution in [0.3, 0.4) is 0 Å². The van der Waals surface area contributed by atoms with E-state index in [1.807, 2.05) is 24.3 Å².